The molecule has 0 aliphatic carbocycles. The van der Waals surface area contributed by atoms with E-state index in [1.54, 1.807) is 0 Å². The fourth-order valence-corrected chi connectivity index (χ4v) is 3.90. The highest BCUT2D eigenvalue weighted by Gasteiger charge is 2.35. The topological polar surface area (TPSA) is 19.4 Å². The van der Waals surface area contributed by atoms with Gasteiger partial charge in [-0.15, -0.1) is 0 Å². The second kappa shape index (κ2) is 7.72. The number of alkyl halides is 3. The molecule has 0 radical (unpaired) electrons. The van der Waals surface area contributed by atoms with Gasteiger partial charge in [0.1, 0.15) is 5.82 Å². The van der Waals surface area contributed by atoms with Crippen molar-refractivity contribution in [1.29, 1.82) is 0 Å². The van der Waals surface area contributed by atoms with Crippen molar-refractivity contribution < 1.29 is 13.2 Å². The molecule has 24 heavy (non-hydrogen) atoms. The lowest BCUT2D eigenvalue weighted by atomic mass is 10.1. The third-order valence-electron chi connectivity index (χ3n) is 5.11. The molecule has 0 amide bonds. The molecule has 6 heteroatoms. The van der Waals surface area contributed by atoms with E-state index in [4.69, 9.17) is 0 Å². The SMILES string of the molecule is FC(F)(F)C[C@H]1CCN(CCc2cccnc2N2CCCCC2)C1. The minimum Gasteiger partial charge on any atom is -0.356 e. The molecule has 0 aromatic carbocycles. The lowest BCUT2D eigenvalue weighted by Crippen LogP contribution is -2.31. The summed E-state index contributed by atoms with van der Waals surface area (Å²) in [5, 5.41) is 0. The molecule has 3 rings (SSSR count). The van der Waals surface area contributed by atoms with Crippen LogP contribution >= 0.6 is 0 Å². The van der Waals surface area contributed by atoms with Gasteiger partial charge in [-0.3, -0.25) is 0 Å². The third kappa shape index (κ3) is 4.85. The number of likely N-dealkylation sites (tertiary alicyclic amines) is 1. The van der Waals surface area contributed by atoms with Crippen molar-refractivity contribution in [2.45, 2.75) is 44.7 Å². The van der Waals surface area contributed by atoms with Gasteiger partial charge in [-0.25, -0.2) is 4.98 Å². The van der Waals surface area contributed by atoms with Gasteiger partial charge >= 0.3 is 6.18 Å². The molecule has 2 aliphatic heterocycles. The minimum atomic E-state index is -4.04. The van der Waals surface area contributed by atoms with E-state index in [9.17, 15) is 13.2 Å². The molecule has 2 aliphatic rings. The number of hydrogen-bond donors (Lipinski definition) is 0. The number of pyridine rings is 1. The first-order valence-corrected chi connectivity index (χ1v) is 8.99. The van der Waals surface area contributed by atoms with Crippen LogP contribution in [0.4, 0.5) is 19.0 Å². The van der Waals surface area contributed by atoms with Crippen LogP contribution in [0.15, 0.2) is 18.3 Å². The Kier molecular flexibility index (Phi) is 5.64. The largest absolute Gasteiger partial charge is 0.389 e. The summed E-state index contributed by atoms with van der Waals surface area (Å²) in [4.78, 5) is 9.10. The Bertz CT molecular complexity index is 526. The predicted molar refractivity (Wildman–Crippen MR) is 89.2 cm³/mol. The van der Waals surface area contributed by atoms with Gasteiger partial charge < -0.3 is 9.80 Å². The van der Waals surface area contributed by atoms with Crippen LogP contribution in [0.2, 0.25) is 0 Å². The average Bonchev–Trinajstić information content (AvgIpc) is 2.99. The molecule has 1 atom stereocenters. The molecule has 1 aromatic heterocycles. The number of anilines is 1. The Morgan fingerprint density at radius 2 is 1.92 bits per heavy atom. The van der Waals surface area contributed by atoms with E-state index >= 15 is 0 Å². The summed E-state index contributed by atoms with van der Waals surface area (Å²) in [6.07, 6.45) is 2.38. The molecular formula is C18H26F3N3. The molecule has 0 unspecified atom stereocenters. The van der Waals surface area contributed by atoms with E-state index in [-0.39, 0.29) is 5.92 Å². The van der Waals surface area contributed by atoms with Gasteiger partial charge in [0.05, 0.1) is 0 Å². The standard InChI is InChI=1S/C18H26F3N3/c19-18(20,21)13-15-6-11-23(14-15)12-7-16-5-4-8-22-17(16)24-9-2-1-3-10-24/h4-5,8,15H,1-3,6-7,9-14H2/t15-/m1/s1. The van der Waals surface area contributed by atoms with Crippen molar-refractivity contribution in [3.8, 4) is 0 Å². The lowest BCUT2D eigenvalue weighted by Gasteiger charge is -2.29. The number of nitrogens with zero attached hydrogens (tertiary/aromatic N) is 3. The second-order valence-corrected chi connectivity index (χ2v) is 7.06. The summed E-state index contributed by atoms with van der Waals surface area (Å²) in [5.74, 6) is 0.837. The molecule has 1 aromatic rings. The maximum atomic E-state index is 12.5. The van der Waals surface area contributed by atoms with Gasteiger partial charge in [-0.1, -0.05) is 6.07 Å². The Hall–Kier alpha value is -1.30. The number of hydrogen-bond acceptors (Lipinski definition) is 3. The summed E-state index contributed by atoms with van der Waals surface area (Å²) in [6.45, 7) is 4.28. The van der Waals surface area contributed by atoms with Crippen LogP contribution < -0.4 is 4.90 Å². The van der Waals surface area contributed by atoms with Gasteiger partial charge in [0.25, 0.3) is 0 Å². The van der Waals surface area contributed by atoms with E-state index < -0.39 is 12.6 Å². The van der Waals surface area contributed by atoms with Crippen LogP contribution in [-0.4, -0.2) is 48.8 Å². The Balaban J connectivity index is 1.54. The minimum absolute atomic E-state index is 0.236. The fourth-order valence-electron chi connectivity index (χ4n) is 3.90. The maximum Gasteiger partial charge on any atom is 0.389 e. The normalized spacial score (nSPS) is 23.0. The van der Waals surface area contributed by atoms with E-state index in [1.165, 1.54) is 24.8 Å². The monoisotopic (exact) mass is 341 g/mol. The molecule has 2 fully saturated rings. The van der Waals surface area contributed by atoms with Gasteiger partial charge in [0.15, 0.2) is 0 Å². The zero-order chi connectivity index (χ0) is 17.0. The Morgan fingerprint density at radius 3 is 2.67 bits per heavy atom. The quantitative estimate of drug-likeness (QED) is 0.810. The molecule has 3 heterocycles. The molecule has 0 bridgehead atoms. The van der Waals surface area contributed by atoms with Crippen molar-refractivity contribution in [2.75, 3.05) is 37.6 Å². The molecule has 0 spiro atoms. The summed E-state index contributed by atoms with van der Waals surface area (Å²) in [6, 6.07) is 4.07. The number of piperidine rings is 1. The summed E-state index contributed by atoms with van der Waals surface area (Å²) < 4.78 is 37.5. The highest BCUT2D eigenvalue weighted by molar-refractivity contribution is 5.47. The molecule has 2 saturated heterocycles. The second-order valence-electron chi connectivity index (χ2n) is 7.06. The fraction of sp³-hybridized carbons (Fsp3) is 0.722. The van der Waals surface area contributed by atoms with Gasteiger partial charge in [-0.05, 0) is 56.2 Å². The maximum absolute atomic E-state index is 12.5. The first kappa shape index (κ1) is 17.5. The summed E-state index contributed by atoms with van der Waals surface area (Å²) in [7, 11) is 0. The number of rotatable bonds is 5. The van der Waals surface area contributed by atoms with Crippen LogP contribution in [-0.2, 0) is 6.42 Å². The average molecular weight is 341 g/mol. The number of aromatic nitrogens is 1. The van der Waals surface area contributed by atoms with Crippen LogP contribution in [0.25, 0.3) is 0 Å². The molecular weight excluding hydrogens is 315 g/mol. The highest BCUT2D eigenvalue weighted by atomic mass is 19.4. The van der Waals surface area contributed by atoms with Crippen LogP contribution in [0, 0.1) is 5.92 Å². The first-order valence-electron chi connectivity index (χ1n) is 8.99. The van der Waals surface area contributed by atoms with Crippen molar-refractivity contribution in [3.05, 3.63) is 23.9 Å². The van der Waals surface area contributed by atoms with Gasteiger partial charge in [-0.2, -0.15) is 13.2 Å². The summed E-state index contributed by atoms with van der Waals surface area (Å²) in [5.41, 5.74) is 1.22. The highest BCUT2D eigenvalue weighted by Crippen LogP contribution is 2.30. The number of halogens is 3. The molecule has 0 saturated carbocycles. The van der Waals surface area contributed by atoms with Crippen molar-refractivity contribution in [2.24, 2.45) is 5.92 Å². The zero-order valence-electron chi connectivity index (χ0n) is 14.1. The predicted octanol–water partition coefficient (Wildman–Crippen LogP) is 3.89. The zero-order valence-corrected chi connectivity index (χ0v) is 14.1. The Morgan fingerprint density at radius 1 is 1.12 bits per heavy atom. The van der Waals surface area contributed by atoms with Crippen molar-refractivity contribution >= 4 is 5.82 Å². The van der Waals surface area contributed by atoms with E-state index in [2.05, 4.69) is 20.9 Å². The van der Waals surface area contributed by atoms with Crippen LogP contribution in [0.5, 0.6) is 0 Å². The van der Waals surface area contributed by atoms with Crippen LogP contribution in [0.3, 0.4) is 0 Å². The van der Waals surface area contributed by atoms with E-state index in [0.29, 0.717) is 13.0 Å². The van der Waals surface area contributed by atoms with Crippen molar-refractivity contribution in [1.82, 2.24) is 9.88 Å². The van der Waals surface area contributed by atoms with E-state index in [0.717, 1.165) is 38.4 Å². The molecule has 0 N–H and O–H groups in total. The van der Waals surface area contributed by atoms with Crippen molar-refractivity contribution in [3.63, 3.8) is 0 Å². The molecule has 3 nitrogen and oxygen atoms in total. The summed E-state index contributed by atoms with van der Waals surface area (Å²) >= 11 is 0. The van der Waals surface area contributed by atoms with Gasteiger partial charge in [0, 0.05) is 38.8 Å². The third-order valence-corrected chi connectivity index (χ3v) is 5.11. The van der Waals surface area contributed by atoms with Gasteiger partial charge in [0.2, 0.25) is 0 Å². The smallest absolute Gasteiger partial charge is 0.356 e. The molecule has 134 valence electrons. The lowest BCUT2D eigenvalue weighted by molar-refractivity contribution is -0.143. The van der Waals surface area contributed by atoms with Crippen LogP contribution in [0.1, 0.15) is 37.7 Å². The Labute approximate surface area is 141 Å². The van der Waals surface area contributed by atoms with E-state index in [1.807, 2.05) is 12.3 Å². The first-order chi connectivity index (χ1) is 11.5.